The van der Waals surface area contributed by atoms with Gasteiger partial charge in [-0.15, -0.1) is 0 Å². The summed E-state index contributed by atoms with van der Waals surface area (Å²) in [6.07, 6.45) is 2.54. The molecule has 0 saturated carbocycles. The molecule has 0 unspecified atom stereocenters. The van der Waals surface area contributed by atoms with Crippen molar-refractivity contribution in [1.29, 1.82) is 0 Å². The largest absolute Gasteiger partial charge is 0.390 e. The molecular weight excluding hydrogens is 146 g/mol. The van der Waals surface area contributed by atoms with Gasteiger partial charge in [-0.05, 0) is 0 Å². The summed E-state index contributed by atoms with van der Waals surface area (Å²) in [7, 11) is 0. The number of primary amides is 1. The summed E-state index contributed by atoms with van der Waals surface area (Å²) >= 11 is 0. The minimum Gasteiger partial charge on any atom is -0.390 e. The third-order valence-electron chi connectivity index (χ3n) is 1.12. The van der Waals surface area contributed by atoms with Gasteiger partial charge in [0.25, 0.3) is 5.91 Å². The molecule has 1 heterocycles. The Kier molecular flexibility index (Phi) is 2.12. The van der Waals surface area contributed by atoms with Crippen molar-refractivity contribution in [2.45, 2.75) is 6.61 Å². The molecule has 0 aliphatic carbocycles. The summed E-state index contributed by atoms with van der Waals surface area (Å²) in [6.45, 7) is -0.188. The minimum atomic E-state index is -0.623. The normalized spacial score (nSPS) is 9.55. The molecule has 0 aromatic carbocycles. The minimum absolute atomic E-state index is 0.0993. The fourth-order valence-corrected chi connectivity index (χ4v) is 0.564. The smallest absolute Gasteiger partial charge is 0.268 e. The van der Waals surface area contributed by atoms with Crippen LogP contribution in [0.25, 0.3) is 0 Å². The molecule has 1 rings (SSSR count). The quantitative estimate of drug-likeness (QED) is 0.574. The lowest BCUT2D eigenvalue weighted by atomic mass is 10.4. The van der Waals surface area contributed by atoms with Gasteiger partial charge in [-0.25, -0.2) is 4.98 Å². The predicted octanol–water partition coefficient (Wildman–Crippen LogP) is -0.932. The van der Waals surface area contributed by atoms with E-state index in [1.807, 2.05) is 0 Å². The summed E-state index contributed by atoms with van der Waals surface area (Å²) in [5.74, 6) is -0.623. The predicted molar refractivity (Wildman–Crippen MR) is 36.5 cm³/mol. The number of aromatic nitrogens is 2. The molecule has 0 spiro atoms. The lowest BCUT2D eigenvalue weighted by molar-refractivity contribution is 0.0995. The number of aliphatic hydroxyl groups excluding tert-OH is 1. The number of amides is 1. The number of aliphatic hydroxyl groups is 1. The Balaban J connectivity index is 2.91. The maximum Gasteiger partial charge on any atom is 0.268 e. The van der Waals surface area contributed by atoms with E-state index in [-0.39, 0.29) is 12.3 Å². The van der Waals surface area contributed by atoms with Crippen molar-refractivity contribution in [1.82, 2.24) is 9.97 Å². The highest BCUT2D eigenvalue weighted by atomic mass is 16.3. The van der Waals surface area contributed by atoms with Crippen LogP contribution in [0, 0.1) is 0 Å². The van der Waals surface area contributed by atoms with Gasteiger partial charge in [0, 0.05) is 0 Å². The van der Waals surface area contributed by atoms with Crippen molar-refractivity contribution < 1.29 is 9.90 Å². The number of hydrogen-bond acceptors (Lipinski definition) is 4. The highest BCUT2D eigenvalue weighted by molar-refractivity contribution is 5.90. The summed E-state index contributed by atoms with van der Waals surface area (Å²) < 4.78 is 0. The number of nitrogens with two attached hydrogens (primary N) is 1. The van der Waals surface area contributed by atoms with E-state index in [2.05, 4.69) is 9.97 Å². The van der Waals surface area contributed by atoms with E-state index in [9.17, 15) is 4.79 Å². The Morgan fingerprint density at radius 2 is 2.27 bits per heavy atom. The number of rotatable bonds is 2. The molecule has 0 fully saturated rings. The van der Waals surface area contributed by atoms with Crippen LogP contribution < -0.4 is 5.73 Å². The van der Waals surface area contributed by atoms with Gasteiger partial charge >= 0.3 is 0 Å². The fourth-order valence-electron chi connectivity index (χ4n) is 0.564. The van der Waals surface area contributed by atoms with Crippen LogP contribution in [-0.2, 0) is 6.61 Å². The van der Waals surface area contributed by atoms with Gasteiger partial charge in [-0.1, -0.05) is 0 Å². The monoisotopic (exact) mass is 153 g/mol. The van der Waals surface area contributed by atoms with E-state index in [0.29, 0.717) is 5.69 Å². The van der Waals surface area contributed by atoms with Crippen molar-refractivity contribution in [3.05, 3.63) is 23.8 Å². The van der Waals surface area contributed by atoms with Gasteiger partial charge in [0.1, 0.15) is 5.69 Å². The maximum absolute atomic E-state index is 10.5. The van der Waals surface area contributed by atoms with Gasteiger partial charge in [0.2, 0.25) is 0 Å². The highest BCUT2D eigenvalue weighted by Gasteiger charge is 2.00. The Morgan fingerprint density at radius 1 is 1.55 bits per heavy atom. The summed E-state index contributed by atoms with van der Waals surface area (Å²) in [4.78, 5) is 17.8. The Morgan fingerprint density at radius 3 is 2.64 bits per heavy atom. The first-order chi connectivity index (χ1) is 5.24. The molecule has 1 aromatic rings. The molecule has 5 heteroatoms. The molecule has 0 bridgehead atoms. The van der Waals surface area contributed by atoms with Crippen LogP contribution in [0.1, 0.15) is 16.2 Å². The number of carbonyl (C=O) groups excluding carboxylic acids is 1. The van der Waals surface area contributed by atoms with Crippen molar-refractivity contribution in [3.63, 3.8) is 0 Å². The third kappa shape index (κ3) is 1.71. The van der Waals surface area contributed by atoms with Crippen LogP contribution in [-0.4, -0.2) is 21.0 Å². The fraction of sp³-hybridized carbons (Fsp3) is 0.167. The van der Waals surface area contributed by atoms with Crippen molar-refractivity contribution >= 4 is 5.91 Å². The van der Waals surface area contributed by atoms with E-state index in [1.54, 1.807) is 0 Å². The van der Waals surface area contributed by atoms with Gasteiger partial charge in [0.05, 0.1) is 24.7 Å². The second-order valence-electron chi connectivity index (χ2n) is 1.92. The van der Waals surface area contributed by atoms with Crippen molar-refractivity contribution in [3.8, 4) is 0 Å². The van der Waals surface area contributed by atoms with E-state index in [0.717, 1.165) is 0 Å². The zero-order valence-corrected chi connectivity index (χ0v) is 5.69. The first-order valence-corrected chi connectivity index (χ1v) is 2.95. The molecule has 1 aromatic heterocycles. The molecule has 0 saturated heterocycles. The average molecular weight is 153 g/mol. The van der Waals surface area contributed by atoms with Gasteiger partial charge in [-0.2, -0.15) is 0 Å². The summed E-state index contributed by atoms with van der Waals surface area (Å²) in [5, 5.41) is 8.55. The molecule has 3 N–H and O–H groups in total. The molecular formula is C6H7N3O2. The van der Waals surface area contributed by atoms with Crippen molar-refractivity contribution in [2.24, 2.45) is 5.73 Å². The molecule has 0 aliphatic heterocycles. The zero-order chi connectivity index (χ0) is 8.27. The number of nitrogens with zero attached hydrogens (tertiary/aromatic N) is 2. The SMILES string of the molecule is NC(=O)c1cnc(CO)cn1. The Hall–Kier alpha value is -1.49. The molecule has 0 atom stereocenters. The maximum atomic E-state index is 10.5. The van der Waals surface area contributed by atoms with E-state index in [4.69, 9.17) is 10.8 Å². The average Bonchev–Trinajstić information content (AvgIpc) is 2.05. The zero-order valence-electron chi connectivity index (χ0n) is 5.69. The van der Waals surface area contributed by atoms with Gasteiger partial charge in [0.15, 0.2) is 0 Å². The molecule has 11 heavy (non-hydrogen) atoms. The Bertz CT molecular complexity index is 257. The van der Waals surface area contributed by atoms with Crippen LogP contribution in [0.5, 0.6) is 0 Å². The second-order valence-corrected chi connectivity index (χ2v) is 1.92. The standard InChI is InChI=1S/C6H7N3O2/c7-6(11)5-2-8-4(3-10)1-9-5/h1-2,10H,3H2,(H2,7,11). The van der Waals surface area contributed by atoms with Crippen LogP contribution >= 0.6 is 0 Å². The summed E-state index contributed by atoms with van der Waals surface area (Å²) in [5.41, 5.74) is 5.41. The Labute approximate surface area is 62.9 Å². The molecule has 0 aliphatic rings. The summed E-state index contributed by atoms with van der Waals surface area (Å²) in [6, 6.07) is 0. The first kappa shape index (κ1) is 7.62. The number of carbonyl (C=O) groups is 1. The van der Waals surface area contributed by atoms with Crippen molar-refractivity contribution in [2.75, 3.05) is 0 Å². The van der Waals surface area contributed by atoms with E-state index < -0.39 is 5.91 Å². The molecule has 58 valence electrons. The third-order valence-corrected chi connectivity index (χ3v) is 1.12. The van der Waals surface area contributed by atoms with E-state index >= 15 is 0 Å². The molecule has 0 radical (unpaired) electrons. The lowest BCUT2D eigenvalue weighted by Gasteiger charge is -1.94. The van der Waals surface area contributed by atoms with Crippen LogP contribution in [0.15, 0.2) is 12.4 Å². The topological polar surface area (TPSA) is 89.1 Å². The highest BCUT2D eigenvalue weighted by Crippen LogP contribution is 1.93. The second kappa shape index (κ2) is 3.07. The number of hydrogen-bond donors (Lipinski definition) is 2. The van der Waals surface area contributed by atoms with Crippen LogP contribution in [0.3, 0.4) is 0 Å². The van der Waals surface area contributed by atoms with Gasteiger partial charge in [-0.3, -0.25) is 9.78 Å². The van der Waals surface area contributed by atoms with Gasteiger partial charge < -0.3 is 10.8 Å². The molecule has 1 amide bonds. The van der Waals surface area contributed by atoms with E-state index in [1.165, 1.54) is 12.4 Å². The lowest BCUT2D eigenvalue weighted by Crippen LogP contribution is -2.13. The van der Waals surface area contributed by atoms with Crippen LogP contribution in [0.4, 0.5) is 0 Å². The first-order valence-electron chi connectivity index (χ1n) is 2.95. The molecule has 5 nitrogen and oxygen atoms in total. The van der Waals surface area contributed by atoms with Crippen LogP contribution in [0.2, 0.25) is 0 Å².